The first kappa shape index (κ1) is 36.9. The van der Waals surface area contributed by atoms with Crippen molar-refractivity contribution in [3.8, 4) is 11.1 Å². The Kier molecular flexibility index (Phi) is 11.8. The van der Waals surface area contributed by atoms with Gasteiger partial charge in [0.2, 0.25) is 0 Å². The molecule has 0 bridgehead atoms. The van der Waals surface area contributed by atoms with Crippen LogP contribution in [0.15, 0.2) is 47.6 Å². The molecule has 4 aliphatic rings. The summed E-state index contributed by atoms with van der Waals surface area (Å²) in [6.45, 7) is 25.0. The van der Waals surface area contributed by atoms with Crippen LogP contribution >= 0.6 is 0 Å². The van der Waals surface area contributed by atoms with Crippen molar-refractivity contribution in [1.29, 1.82) is 0 Å². The molecule has 4 aliphatic carbocycles. The maximum atomic E-state index is 3.65. The molecular weight excluding hydrogens is 631 g/mol. The van der Waals surface area contributed by atoms with Gasteiger partial charge >= 0.3 is 28.4 Å². The summed E-state index contributed by atoms with van der Waals surface area (Å²) in [4.78, 5) is 0. The molecule has 0 N–H and O–H groups in total. The summed E-state index contributed by atoms with van der Waals surface area (Å²) in [5, 5.41) is 0. The predicted octanol–water partition coefficient (Wildman–Crippen LogP) is 4.56. The summed E-state index contributed by atoms with van der Waals surface area (Å²) in [6, 6.07) is 9.81. The van der Waals surface area contributed by atoms with Gasteiger partial charge in [0.15, 0.2) is 0 Å². The van der Waals surface area contributed by atoms with E-state index in [0.29, 0.717) is 11.3 Å². The van der Waals surface area contributed by atoms with Crippen LogP contribution in [0.5, 0.6) is 0 Å². The second kappa shape index (κ2) is 13.4. The minimum Gasteiger partial charge on any atom is -1.00 e. The fraction of sp³-hybridized carbons (Fsp3) is 0.462. The SMILES string of the molecule is CC1=[C-]C(C)(C)c2cc3c(cc21)-c1cc2c(cc1C3)C(C)(C)C=C2C.CCC1=[C-]C(CC)C=C1C(C)(C)C.[CH2]=[Zr+2].[Cl-].[Cl-]. The molecular formula is C39H48Cl2Zr-2. The maximum Gasteiger partial charge on any atom is -1.00 e. The third-order valence-corrected chi connectivity index (χ3v) is 9.09. The maximum absolute atomic E-state index is 3.65. The standard InChI is InChI=1S/C25H25.C13H21.CH2.2ClH.Zr/c1-14-12-24(3,4)22-8-16-7-17-9-23-19(15(2)13-25(23,5)6)11-21(17)20(16)10-18(14)22;1-6-10-8-11(7-2)12(9-10)13(3,4)5;;;;/h8-12H,7H2,1-6H3;9-10H,6-7H2,1-5H3;1H2;2*1H;/q2*-1;;;;+2/p-2. The number of allylic oxidation sites excluding steroid dienone is 8. The van der Waals surface area contributed by atoms with E-state index in [1.807, 2.05) is 0 Å². The first-order chi connectivity index (χ1) is 18.7. The van der Waals surface area contributed by atoms with Crippen LogP contribution in [0.4, 0.5) is 0 Å². The molecule has 2 aromatic rings. The zero-order valence-electron chi connectivity index (χ0n) is 27.6. The molecule has 0 fully saturated rings. The zero-order chi connectivity index (χ0) is 29.8. The van der Waals surface area contributed by atoms with Crippen molar-refractivity contribution >= 4 is 15.4 Å². The first-order valence-electron chi connectivity index (χ1n) is 15.0. The molecule has 0 aliphatic heterocycles. The van der Waals surface area contributed by atoms with Gasteiger partial charge in [-0.2, -0.15) is 17.2 Å². The molecule has 0 amide bonds. The van der Waals surface area contributed by atoms with E-state index < -0.39 is 0 Å². The van der Waals surface area contributed by atoms with E-state index in [9.17, 15) is 0 Å². The molecule has 0 saturated heterocycles. The van der Waals surface area contributed by atoms with Crippen LogP contribution in [0.2, 0.25) is 0 Å². The minimum atomic E-state index is 0. The fourth-order valence-corrected chi connectivity index (χ4v) is 7.14. The van der Waals surface area contributed by atoms with Crippen LogP contribution in [0, 0.1) is 23.5 Å². The van der Waals surface area contributed by atoms with Gasteiger partial charge < -0.3 is 24.8 Å². The van der Waals surface area contributed by atoms with Gasteiger partial charge in [-0.15, -0.1) is 11.6 Å². The van der Waals surface area contributed by atoms with E-state index in [1.165, 1.54) is 97.5 Å². The Morgan fingerprint density at radius 2 is 1.40 bits per heavy atom. The van der Waals surface area contributed by atoms with Gasteiger partial charge in [-0.1, -0.05) is 117 Å². The molecule has 0 spiro atoms. The summed E-state index contributed by atoms with van der Waals surface area (Å²) in [7, 11) is 0. The first-order valence-corrected chi connectivity index (χ1v) is 16.8. The van der Waals surface area contributed by atoms with Gasteiger partial charge in [0.25, 0.3) is 0 Å². The van der Waals surface area contributed by atoms with Gasteiger partial charge in [0.05, 0.1) is 0 Å². The topological polar surface area (TPSA) is 0 Å². The smallest absolute Gasteiger partial charge is 1.00 e. The molecule has 0 saturated carbocycles. The van der Waals surface area contributed by atoms with Crippen LogP contribution in [-0.4, -0.2) is 4.21 Å². The predicted molar refractivity (Wildman–Crippen MR) is 172 cm³/mol. The summed E-state index contributed by atoms with van der Waals surface area (Å²) in [5.74, 6) is 0.573. The van der Waals surface area contributed by atoms with Gasteiger partial charge in [-0.05, 0) is 58.4 Å². The van der Waals surface area contributed by atoms with E-state index in [1.54, 1.807) is 0 Å². The third kappa shape index (κ3) is 6.70. The average molecular weight is 679 g/mol. The number of fused-ring (bicyclic) bond motifs is 5. The van der Waals surface area contributed by atoms with Crippen LogP contribution in [-0.2, 0) is 41.5 Å². The number of hydrogen-bond donors (Lipinski definition) is 0. The van der Waals surface area contributed by atoms with Crippen molar-refractivity contribution < 1.29 is 49.0 Å². The second-order valence-electron chi connectivity index (χ2n) is 14.0. The molecule has 0 radical (unpaired) electrons. The number of hydrogen-bond acceptors (Lipinski definition) is 0. The van der Waals surface area contributed by atoms with Crippen LogP contribution in [0.25, 0.3) is 22.3 Å². The van der Waals surface area contributed by atoms with Gasteiger partial charge in [-0.25, -0.2) is 11.1 Å². The number of halogens is 2. The largest absolute Gasteiger partial charge is 1.00 e. The summed E-state index contributed by atoms with van der Waals surface area (Å²) >= 11 is 1.30. The Morgan fingerprint density at radius 1 is 0.857 bits per heavy atom. The van der Waals surface area contributed by atoms with Crippen molar-refractivity contribution in [2.24, 2.45) is 11.3 Å². The van der Waals surface area contributed by atoms with Crippen molar-refractivity contribution in [3.05, 3.63) is 93.1 Å². The van der Waals surface area contributed by atoms with E-state index in [0.717, 1.165) is 12.8 Å². The Balaban J connectivity index is 0.000000312. The molecule has 6 rings (SSSR count). The molecule has 42 heavy (non-hydrogen) atoms. The van der Waals surface area contributed by atoms with Crippen LogP contribution in [0.3, 0.4) is 0 Å². The van der Waals surface area contributed by atoms with Crippen molar-refractivity contribution in [2.45, 2.75) is 106 Å². The second-order valence-corrected chi connectivity index (χ2v) is 14.0. The summed E-state index contributed by atoms with van der Waals surface area (Å²) in [5.41, 5.74) is 17.8. The summed E-state index contributed by atoms with van der Waals surface area (Å²) in [6.07, 6.45) is 15.4. The Bertz CT molecular complexity index is 1390. The van der Waals surface area contributed by atoms with E-state index in [-0.39, 0.29) is 35.6 Å². The van der Waals surface area contributed by atoms with Crippen molar-refractivity contribution in [3.63, 3.8) is 0 Å². The molecule has 0 heterocycles. The molecule has 0 nitrogen and oxygen atoms in total. The molecule has 3 heteroatoms. The van der Waals surface area contributed by atoms with Gasteiger partial charge in [-0.3, -0.25) is 12.2 Å². The number of benzene rings is 2. The third-order valence-electron chi connectivity index (χ3n) is 9.09. The van der Waals surface area contributed by atoms with Crippen molar-refractivity contribution in [1.82, 2.24) is 0 Å². The Hall–Kier alpha value is -1.27. The molecule has 1 atom stereocenters. The van der Waals surface area contributed by atoms with Crippen molar-refractivity contribution in [2.75, 3.05) is 0 Å². The van der Waals surface area contributed by atoms with E-state index in [4.69, 9.17) is 0 Å². The van der Waals surface area contributed by atoms with Crippen LogP contribution < -0.4 is 24.8 Å². The van der Waals surface area contributed by atoms with E-state index in [2.05, 4.69) is 129 Å². The molecule has 0 aromatic heterocycles. The van der Waals surface area contributed by atoms with Gasteiger partial charge in [0.1, 0.15) is 0 Å². The zero-order valence-corrected chi connectivity index (χ0v) is 31.6. The van der Waals surface area contributed by atoms with E-state index >= 15 is 0 Å². The molecule has 224 valence electrons. The molecule has 2 aromatic carbocycles. The average Bonchev–Trinajstić information content (AvgIpc) is 3.59. The van der Waals surface area contributed by atoms with Crippen LogP contribution in [0.1, 0.15) is 122 Å². The number of rotatable bonds is 2. The van der Waals surface area contributed by atoms with Gasteiger partial charge in [0, 0.05) is 5.41 Å². The monoisotopic (exact) mass is 676 g/mol. The summed E-state index contributed by atoms with van der Waals surface area (Å²) < 4.78 is 3.34. The normalized spacial score (nSPS) is 19.5. The fourth-order valence-electron chi connectivity index (χ4n) is 7.14. The Morgan fingerprint density at radius 3 is 1.90 bits per heavy atom. The minimum absolute atomic E-state index is 0. The molecule has 1 unspecified atom stereocenters. The Labute approximate surface area is 284 Å². The quantitative estimate of drug-likeness (QED) is 0.349.